The van der Waals surface area contributed by atoms with Gasteiger partial charge in [-0.1, -0.05) is 6.58 Å². The molecule has 3 heterocycles. The predicted octanol–water partition coefficient (Wildman–Crippen LogP) is -1.44. The fraction of sp³-hybridized carbons (Fsp3) is 0.538. The van der Waals surface area contributed by atoms with Crippen molar-refractivity contribution in [1.29, 1.82) is 0 Å². The molecule has 3 atom stereocenters. The summed E-state index contributed by atoms with van der Waals surface area (Å²) in [6.07, 6.45) is 4.69. The summed E-state index contributed by atoms with van der Waals surface area (Å²) in [6, 6.07) is -1.41. The highest BCUT2D eigenvalue weighted by atomic mass is 32.2. The molecule has 1 amide bonds. The summed E-state index contributed by atoms with van der Waals surface area (Å²) in [7, 11) is -3.82. The quantitative estimate of drug-likeness (QED) is 0.398. The van der Waals surface area contributed by atoms with Crippen LogP contribution in [0.1, 0.15) is 13.3 Å². The van der Waals surface area contributed by atoms with Crippen LogP contribution < -0.4 is 4.68 Å². The number of hydrogen-bond acceptors (Lipinski definition) is 5. The Morgan fingerprint density at radius 1 is 1.65 bits per heavy atom. The number of carboxylic acids is 1. The summed E-state index contributed by atoms with van der Waals surface area (Å²) in [5.41, 5.74) is 0. The first kappa shape index (κ1) is 15.7. The van der Waals surface area contributed by atoms with Crippen molar-refractivity contribution in [2.24, 2.45) is 0 Å². The SMILES string of the molecule is C=CCn1cc[n+](C[C@@]2(C)[C@H](C(=O)O)N3C(=O)C[C@H]3S2(=O)=O)n1. The molecule has 1 aromatic rings. The number of sulfone groups is 1. The van der Waals surface area contributed by atoms with E-state index >= 15 is 0 Å². The molecule has 124 valence electrons. The van der Waals surface area contributed by atoms with Gasteiger partial charge >= 0.3 is 5.97 Å². The lowest BCUT2D eigenvalue weighted by Gasteiger charge is -2.35. The van der Waals surface area contributed by atoms with Gasteiger partial charge in [-0.15, -0.1) is 9.36 Å². The van der Waals surface area contributed by atoms with Gasteiger partial charge in [0.05, 0.1) is 11.6 Å². The molecule has 0 aromatic carbocycles. The number of β-lactam (4-membered cyclic amide) rings is 1. The van der Waals surface area contributed by atoms with E-state index in [1.807, 2.05) is 0 Å². The van der Waals surface area contributed by atoms with Crippen molar-refractivity contribution in [2.75, 3.05) is 0 Å². The summed E-state index contributed by atoms with van der Waals surface area (Å²) in [5.74, 6) is -1.77. The van der Waals surface area contributed by atoms with E-state index in [2.05, 4.69) is 11.8 Å². The maximum absolute atomic E-state index is 12.8. The standard InChI is InChI=1S/C13H16N4O5S/c1-3-4-15-5-6-16(14-15)8-13(2)11(12(19)20)17-9(18)7-10(17)23(13,21)22/h3,5-6,10-11H,1,4,7-8H2,2H3/p+1/t10-,11+,13+/m1/s1. The van der Waals surface area contributed by atoms with Crippen LogP contribution in [0.5, 0.6) is 0 Å². The van der Waals surface area contributed by atoms with Gasteiger partial charge in [-0.05, 0) is 13.0 Å². The highest BCUT2D eigenvalue weighted by Gasteiger charge is 2.70. The molecule has 2 aliphatic heterocycles. The van der Waals surface area contributed by atoms with Gasteiger partial charge in [0.1, 0.15) is 23.2 Å². The van der Waals surface area contributed by atoms with Gasteiger partial charge in [0.25, 0.3) is 0 Å². The minimum Gasteiger partial charge on any atom is -0.480 e. The second-order valence-electron chi connectivity index (χ2n) is 5.95. The highest BCUT2D eigenvalue weighted by Crippen LogP contribution is 2.46. The second-order valence-corrected chi connectivity index (χ2v) is 8.52. The molecular formula is C13H17N4O5S+. The molecule has 0 spiro atoms. The Morgan fingerprint density at radius 3 is 2.91 bits per heavy atom. The molecule has 2 saturated heterocycles. The number of aromatic nitrogens is 3. The third-order valence-corrected chi connectivity index (χ3v) is 7.24. The van der Waals surface area contributed by atoms with Gasteiger partial charge in [0, 0.05) is 0 Å². The van der Waals surface area contributed by atoms with E-state index in [-0.39, 0.29) is 13.0 Å². The first-order chi connectivity index (χ1) is 10.7. The van der Waals surface area contributed by atoms with E-state index < -0.39 is 37.9 Å². The van der Waals surface area contributed by atoms with Crippen LogP contribution in [0, 0.1) is 0 Å². The van der Waals surface area contributed by atoms with Gasteiger partial charge in [-0.25, -0.2) is 13.2 Å². The summed E-state index contributed by atoms with van der Waals surface area (Å²) in [5, 5.41) is 12.6. The molecule has 3 rings (SSSR count). The van der Waals surface area contributed by atoms with Crippen molar-refractivity contribution in [3.63, 3.8) is 0 Å². The molecule has 2 aliphatic rings. The molecule has 0 bridgehead atoms. The summed E-state index contributed by atoms with van der Waals surface area (Å²) in [6.45, 7) is 5.26. The largest absolute Gasteiger partial charge is 0.480 e. The van der Waals surface area contributed by atoms with Crippen LogP contribution in [0.2, 0.25) is 0 Å². The van der Waals surface area contributed by atoms with E-state index in [9.17, 15) is 23.1 Å². The number of hydrogen-bond donors (Lipinski definition) is 1. The Hall–Kier alpha value is -2.23. The van der Waals surface area contributed by atoms with Crippen LogP contribution in [0.25, 0.3) is 0 Å². The van der Waals surface area contributed by atoms with E-state index in [1.165, 1.54) is 11.6 Å². The number of carbonyl (C=O) groups is 2. The topological polar surface area (TPSA) is 113 Å². The molecule has 1 N–H and O–H groups in total. The van der Waals surface area contributed by atoms with Crippen LogP contribution in [0.4, 0.5) is 0 Å². The zero-order chi connectivity index (χ0) is 17.0. The number of amides is 1. The van der Waals surface area contributed by atoms with Gasteiger partial charge in [-0.2, -0.15) is 0 Å². The lowest BCUT2D eigenvalue weighted by Crippen LogP contribution is -2.60. The van der Waals surface area contributed by atoms with Gasteiger partial charge in [0.2, 0.25) is 5.91 Å². The molecule has 0 saturated carbocycles. The van der Waals surface area contributed by atoms with Crippen LogP contribution in [-0.2, 0) is 32.5 Å². The number of carbonyl (C=O) groups excluding carboxylic acids is 1. The van der Waals surface area contributed by atoms with Crippen molar-refractivity contribution in [1.82, 2.24) is 14.8 Å². The lowest BCUT2D eigenvalue weighted by molar-refractivity contribution is -0.758. The Kier molecular flexibility index (Phi) is 3.32. The molecule has 9 nitrogen and oxygen atoms in total. The zero-order valence-corrected chi connectivity index (χ0v) is 13.3. The number of fused-ring (bicyclic) bond motifs is 1. The molecule has 10 heteroatoms. The fourth-order valence-corrected chi connectivity index (χ4v) is 5.64. The Balaban J connectivity index is 2.00. The monoisotopic (exact) mass is 341 g/mol. The van der Waals surface area contributed by atoms with Gasteiger partial charge in [0.15, 0.2) is 28.3 Å². The third kappa shape index (κ3) is 2.01. The fourth-order valence-electron chi connectivity index (χ4n) is 3.28. The van der Waals surface area contributed by atoms with Crippen LogP contribution in [0.3, 0.4) is 0 Å². The number of aliphatic carboxylic acids is 1. The average Bonchev–Trinajstić information content (AvgIpc) is 2.92. The molecular weight excluding hydrogens is 324 g/mol. The highest BCUT2D eigenvalue weighted by molar-refractivity contribution is 7.93. The number of nitrogens with zero attached hydrogens (tertiary/aromatic N) is 4. The van der Waals surface area contributed by atoms with Crippen molar-refractivity contribution in [2.45, 2.75) is 42.6 Å². The Labute approximate surface area is 132 Å². The second kappa shape index (κ2) is 4.88. The van der Waals surface area contributed by atoms with Crippen molar-refractivity contribution >= 4 is 21.7 Å². The molecule has 2 fully saturated rings. The smallest absolute Gasteiger partial charge is 0.328 e. The first-order valence-corrected chi connectivity index (χ1v) is 8.58. The van der Waals surface area contributed by atoms with E-state index in [0.717, 1.165) is 4.90 Å². The van der Waals surface area contributed by atoms with E-state index in [0.29, 0.717) is 6.54 Å². The third-order valence-electron chi connectivity index (χ3n) is 4.48. The summed E-state index contributed by atoms with van der Waals surface area (Å²) in [4.78, 5) is 24.3. The Bertz CT molecular complexity index is 801. The van der Waals surface area contributed by atoms with E-state index in [4.69, 9.17) is 0 Å². The molecule has 0 aliphatic carbocycles. The Morgan fingerprint density at radius 2 is 2.35 bits per heavy atom. The van der Waals surface area contributed by atoms with Crippen molar-refractivity contribution < 1.29 is 27.8 Å². The first-order valence-electron chi connectivity index (χ1n) is 7.04. The zero-order valence-electron chi connectivity index (χ0n) is 12.5. The van der Waals surface area contributed by atoms with E-state index in [1.54, 1.807) is 23.2 Å². The lowest BCUT2D eigenvalue weighted by atomic mass is 9.96. The molecule has 0 radical (unpaired) electrons. The van der Waals surface area contributed by atoms with Crippen LogP contribution in [0.15, 0.2) is 25.0 Å². The average molecular weight is 341 g/mol. The van der Waals surface area contributed by atoms with Gasteiger partial charge < -0.3 is 10.0 Å². The number of allylic oxidation sites excluding steroid dienone is 1. The minimum absolute atomic E-state index is 0.142. The normalized spacial score (nSPS) is 31.5. The van der Waals surface area contributed by atoms with Crippen molar-refractivity contribution in [3.05, 3.63) is 25.0 Å². The summed E-state index contributed by atoms with van der Waals surface area (Å²) < 4.78 is 26.8. The number of carboxylic acid groups (broad SMARTS) is 1. The van der Waals surface area contributed by atoms with Crippen molar-refractivity contribution in [3.8, 4) is 0 Å². The predicted molar refractivity (Wildman–Crippen MR) is 76.6 cm³/mol. The maximum atomic E-state index is 12.8. The summed E-state index contributed by atoms with van der Waals surface area (Å²) >= 11 is 0. The van der Waals surface area contributed by atoms with Crippen LogP contribution in [-0.4, -0.2) is 56.4 Å². The maximum Gasteiger partial charge on any atom is 0.328 e. The molecule has 23 heavy (non-hydrogen) atoms. The minimum atomic E-state index is -3.82. The van der Waals surface area contributed by atoms with Crippen LogP contribution >= 0.6 is 0 Å². The molecule has 0 unspecified atom stereocenters. The molecule has 1 aromatic heterocycles. The van der Waals surface area contributed by atoms with Gasteiger partial charge in [-0.3, -0.25) is 4.79 Å². The number of rotatable bonds is 5.